The molecule has 0 spiro atoms. The zero-order valence-corrected chi connectivity index (χ0v) is 22.9. The summed E-state index contributed by atoms with van der Waals surface area (Å²) in [5.41, 5.74) is 2.07. The highest BCUT2D eigenvalue weighted by Gasteiger charge is 2.19. The molecule has 0 aliphatic heterocycles. The minimum atomic E-state index is -0.475. The number of non-ortho nitro benzene ring substituents is 1. The third kappa shape index (κ3) is 5.28. The van der Waals surface area contributed by atoms with E-state index in [1.54, 1.807) is 42.5 Å². The fraction of sp³-hybridized carbons (Fsp3) is 0.154. The maximum Gasteiger partial charge on any atom is 0.269 e. The van der Waals surface area contributed by atoms with E-state index in [0.29, 0.717) is 61.1 Å². The van der Waals surface area contributed by atoms with E-state index in [4.69, 9.17) is 35.8 Å². The Morgan fingerprint density at radius 2 is 1.70 bits per heavy atom. The van der Waals surface area contributed by atoms with E-state index < -0.39 is 4.92 Å². The zero-order chi connectivity index (χ0) is 28.4. The Morgan fingerprint density at radius 1 is 1.00 bits per heavy atom. The van der Waals surface area contributed by atoms with Gasteiger partial charge in [0.05, 0.1) is 42.5 Å². The maximum absolute atomic E-state index is 12.8. The van der Waals surface area contributed by atoms with Crippen molar-refractivity contribution in [2.24, 2.45) is 0 Å². The molecule has 0 fully saturated rings. The van der Waals surface area contributed by atoms with Gasteiger partial charge in [-0.2, -0.15) is 4.52 Å². The lowest BCUT2D eigenvalue weighted by atomic mass is 10.2. The highest BCUT2D eigenvalue weighted by atomic mass is 35.5. The standard InChI is InChI=1S/C26H21ClN6O6S/c1-37-20-9-6-15(10-18(20)27)28-23(34)13-40-26-29-19-12-22(39-3)21(38-2)11-17(19)25-30-24(31-32(25)26)14-4-7-16(8-5-14)33(35)36/h4-12H,13H2,1-3H3,(H,28,34). The van der Waals surface area contributed by atoms with Gasteiger partial charge in [-0.05, 0) is 36.4 Å². The number of aromatic nitrogens is 4. The van der Waals surface area contributed by atoms with Crippen LogP contribution in [0.3, 0.4) is 0 Å². The number of nitro groups is 1. The number of amides is 1. The first-order valence-corrected chi connectivity index (χ1v) is 13.0. The fourth-order valence-corrected chi connectivity index (χ4v) is 4.93. The number of nitrogens with one attached hydrogen (secondary N) is 1. The molecule has 40 heavy (non-hydrogen) atoms. The predicted octanol–water partition coefficient (Wildman–Crippen LogP) is 5.26. The molecule has 0 bridgehead atoms. The van der Waals surface area contributed by atoms with Crippen LogP contribution in [-0.4, -0.2) is 57.5 Å². The number of halogens is 1. The van der Waals surface area contributed by atoms with Gasteiger partial charge in [-0.1, -0.05) is 23.4 Å². The number of hydrogen-bond acceptors (Lipinski definition) is 10. The average molecular weight is 581 g/mol. The quantitative estimate of drug-likeness (QED) is 0.106. The number of benzene rings is 3. The molecule has 2 heterocycles. The van der Waals surface area contributed by atoms with E-state index in [-0.39, 0.29) is 17.3 Å². The molecule has 2 aromatic heterocycles. The van der Waals surface area contributed by atoms with Crippen molar-refractivity contribution in [2.75, 3.05) is 32.4 Å². The van der Waals surface area contributed by atoms with E-state index in [2.05, 4.69) is 10.4 Å². The maximum atomic E-state index is 12.8. The molecular formula is C26H21ClN6O6S. The Labute approximate surface area is 236 Å². The van der Waals surface area contributed by atoms with Crippen molar-refractivity contribution >= 4 is 57.2 Å². The van der Waals surface area contributed by atoms with Crippen LogP contribution in [0.2, 0.25) is 5.02 Å². The van der Waals surface area contributed by atoms with E-state index in [9.17, 15) is 14.9 Å². The molecule has 0 unspecified atom stereocenters. The van der Waals surface area contributed by atoms with Crippen LogP contribution in [0.5, 0.6) is 17.2 Å². The lowest BCUT2D eigenvalue weighted by Gasteiger charge is -2.11. The molecule has 14 heteroatoms. The van der Waals surface area contributed by atoms with Gasteiger partial charge >= 0.3 is 0 Å². The first-order chi connectivity index (χ1) is 19.3. The van der Waals surface area contributed by atoms with Gasteiger partial charge in [0.1, 0.15) is 5.75 Å². The number of fused-ring (bicyclic) bond motifs is 3. The largest absolute Gasteiger partial charge is 0.495 e. The van der Waals surface area contributed by atoms with Crippen LogP contribution in [0.25, 0.3) is 27.9 Å². The molecule has 3 aromatic carbocycles. The number of methoxy groups -OCH3 is 3. The number of nitro benzene ring substituents is 1. The van der Waals surface area contributed by atoms with Crippen LogP contribution in [0.1, 0.15) is 0 Å². The molecule has 0 saturated carbocycles. The summed E-state index contributed by atoms with van der Waals surface area (Å²) in [4.78, 5) is 32.8. The van der Waals surface area contributed by atoms with Gasteiger partial charge in [-0.3, -0.25) is 14.9 Å². The van der Waals surface area contributed by atoms with Crippen molar-refractivity contribution in [1.29, 1.82) is 0 Å². The average Bonchev–Trinajstić information content (AvgIpc) is 3.41. The summed E-state index contributed by atoms with van der Waals surface area (Å²) in [5, 5.41) is 19.9. The van der Waals surface area contributed by atoms with Crippen LogP contribution in [-0.2, 0) is 4.79 Å². The number of thioether (sulfide) groups is 1. The molecule has 0 saturated heterocycles. The summed E-state index contributed by atoms with van der Waals surface area (Å²) >= 11 is 7.33. The van der Waals surface area contributed by atoms with Crippen LogP contribution < -0.4 is 19.5 Å². The highest BCUT2D eigenvalue weighted by Crippen LogP contribution is 2.35. The third-order valence-electron chi connectivity index (χ3n) is 5.85. The number of anilines is 1. The monoisotopic (exact) mass is 580 g/mol. The lowest BCUT2D eigenvalue weighted by Crippen LogP contribution is -2.14. The summed E-state index contributed by atoms with van der Waals surface area (Å²) in [6.07, 6.45) is 0. The number of carbonyl (C=O) groups excluding carboxylic acids is 1. The SMILES string of the molecule is COc1ccc(NC(=O)CSc2nc3cc(OC)c(OC)cc3c3nc(-c4ccc([N+](=O)[O-])cc4)nn23)cc1Cl. The Kier molecular flexibility index (Phi) is 7.58. The number of hydrogen-bond donors (Lipinski definition) is 1. The van der Waals surface area contributed by atoms with E-state index in [1.807, 2.05) is 0 Å². The zero-order valence-electron chi connectivity index (χ0n) is 21.4. The van der Waals surface area contributed by atoms with Crippen molar-refractivity contribution < 1.29 is 23.9 Å². The summed E-state index contributed by atoms with van der Waals surface area (Å²) < 4.78 is 17.6. The first-order valence-electron chi connectivity index (χ1n) is 11.6. The van der Waals surface area contributed by atoms with Crippen molar-refractivity contribution in [3.63, 3.8) is 0 Å². The Morgan fingerprint density at radius 3 is 2.35 bits per heavy atom. The number of ether oxygens (including phenoxy) is 3. The molecule has 1 amide bonds. The fourth-order valence-electron chi connectivity index (χ4n) is 3.93. The molecule has 0 aliphatic rings. The van der Waals surface area contributed by atoms with Gasteiger partial charge in [0.2, 0.25) is 5.91 Å². The van der Waals surface area contributed by atoms with Crippen molar-refractivity contribution in [3.05, 3.63) is 69.7 Å². The van der Waals surface area contributed by atoms with Crippen LogP contribution in [0.15, 0.2) is 59.8 Å². The van der Waals surface area contributed by atoms with Crippen LogP contribution in [0.4, 0.5) is 11.4 Å². The second-order valence-corrected chi connectivity index (χ2v) is 9.63. The summed E-state index contributed by atoms with van der Waals surface area (Å²) in [6, 6.07) is 14.3. The van der Waals surface area contributed by atoms with Gasteiger partial charge in [0, 0.05) is 34.8 Å². The molecular weight excluding hydrogens is 560 g/mol. The summed E-state index contributed by atoms with van der Waals surface area (Å²) in [6.45, 7) is 0. The molecule has 0 aliphatic carbocycles. The number of rotatable bonds is 9. The normalized spacial score (nSPS) is 11.0. The third-order valence-corrected chi connectivity index (χ3v) is 7.08. The van der Waals surface area contributed by atoms with E-state index in [0.717, 1.165) is 11.8 Å². The number of carbonyl (C=O) groups is 1. The predicted molar refractivity (Wildman–Crippen MR) is 151 cm³/mol. The Bertz CT molecular complexity index is 1760. The van der Waals surface area contributed by atoms with Crippen molar-refractivity contribution in [3.8, 4) is 28.6 Å². The van der Waals surface area contributed by atoms with E-state index in [1.165, 1.54) is 38.0 Å². The van der Waals surface area contributed by atoms with Gasteiger partial charge in [-0.25, -0.2) is 9.97 Å². The smallest absolute Gasteiger partial charge is 0.269 e. The van der Waals surface area contributed by atoms with Crippen molar-refractivity contribution in [1.82, 2.24) is 19.6 Å². The van der Waals surface area contributed by atoms with Gasteiger partial charge in [0.25, 0.3) is 5.69 Å². The van der Waals surface area contributed by atoms with Gasteiger partial charge in [-0.15, -0.1) is 5.10 Å². The van der Waals surface area contributed by atoms with Gasteiger partial charge in [0.15, 0.2) is 28.1 Å². The molecule has 1 N–H and O–H groups in total. The molecule has 0 atom stereocenters. The highest BCUT2D eigenvalue weighted by molar-refractivity contribution is 7.99. The minimum Gasteiger partial charge on any atom is -0.495 e. The van der Waals surface area contributed by atoms with Crippen LogP contribution in [0, 0.1) is 10.1 Å². The molecule has 5 rings (SSSR count). The molecule has 0 radical (unpaired) electrons. The lowest BCUT2D eigenvalue weighted by molar-refractivity contribution is -0.384. The van der Waals surface area contributed by atoms with E-state index >= 15 is 0 Å². The summed E-state index contributed by atoms with van der Waals surface area (Å²) in [5.74, 6) is 1.52. The molecule has 5 aromatic rings. The van der Waals surface area contributed by atoms with Crippen LogP contribution >= 0.6 is 23.4 Å². The van der Waals surface area contributed by atoms with Crippen molar-refractivity contribution in [2.45, 2.75) is 5.16 Å². The minimum absolute atomic E-state index is 0.0112. The summed E-state index contributed by atoms with van der Waals surface area (Å²) in [7, 11) is 4.56. The Hall–Kier alpha value is -4.62. The topological polar surface area (TPSA) is 143 Å². The second-order valence-electron chi connectivity index (χ2n) is 8.28. The van der Waals surface area contributed by atoms with Gasteiger partial charge < -0.3 is 19.5 Å². The Balaban J connectivity index is 1.52. The molecule has 204 valence electrons. The second kappa shape index (κ2) is 11.2. The first kappa shape index (κ1) is 27.0. The number of nitrogens with zero attached hydrogens (tertiary/aromatic N) is 5. The molecule has 12 nitrogen and oxygen atoms in total.